The monoisotopic (exact) mass is 266 g/mol. The molecular formula is C14H18O5. The summed E-state index contributed by atoms with van der Waals surface area (Å²) in [6, 6.07) is 0. The number of carbonyl (C=O) groups excluding carboxylic acids is 2. The molecule has 5 nitrogen and oxygen atoms in total. The second-order valence-electron chi connectivity index (χ2n) is 6.08. The van der Waals surface area contributed by atoms with Crippen LogP contribution in [0.3, 0.4) is 0 Å². The van der Waals surface area contributed by atoms with Crippen LogP contribution in [0.5, 0.6) is 0 Å². The van der Waals surface area contributed by atoms with Crippen LogP contribution in [0.1, 0.15) is 39.0 Å². The minimum absolute atomic E-state index is 0.0266. The van der Waals surface area contributed by atoms with Crippen LogP contribution in [0.4, 0.5) is 0 Å². The minimum Gasteiger partial charge on any atom is -0.515 e. The third-order valence-electron chi connectivity index (χ3n) is 4.52. The Balaban J connectivity index is 1.86. The molecule has 4 rings (SSSR count). The highest BCUT2D eigenvalue weighted by atomic mass is 16.7. The van der Waals surface area contributed by atoms with Crippen molar-refractivity contribution < 1.29 is 24.2 Å². The third-order valence-corrected chi connectivity index (χ3v) is 4.52. The van der Waals surface area contributed by atoms with Crippen molar-refractivity contribution in [3.05, 3.63) is 11.8 Å². The summed E-state index contributed by atoms with van der Waals surface area (Å²) >= 11 is 0. The molecule has 2 aliphatic carbocycles. The molecule has 2 atom stereocenters. The van der Waals surface area contributed by atoms with Gasteiger partial charge in [-0.25, -0.2) is 4.79 Å². The standard InChI is InChI=1S/C14H18O5/c1-8(7-15)12(16)18-14-5-9-2-10(6-14)4-11(3-9)13(17)19-14/h7,9-11,15H,2-6H2,1H3/b8-7+. The van der Waals surface area contributed by atoms with Crippen molar-refractivity contribution in [3.8, 4) is 0 Å². The molecule has 2 aliphatic heterocycles. The maximum atomic E-state index is 12.0. The average molecular weight is 266 g/mol. The Morgan fingerprint density at radius 1 is 1.37 bits per heavy atom. The van der Waals surface area contributed by atoms with Crippen molar-refractivity contribution in [2.75, 3.05) is 0 Å². The number of hydrogen-bond acceptors (Lipinski definition) is 5. The van der Waals surface area contributed by atoms with E-state index in [0.717, 1.165) is 25.5 Å². The zero-order valence-corrected chi connectivity index (χ0v) is 10.9. The molecule has 4 bridgehead atoms. The van der Waals surface area contributed by atoms with Crippen molar-refractivity contribution in [3.63, 3.8) is 0 Å². The Hall–Kier alpha value is -1.52. The zero-order chi connectivity index (χ0) is 13.6. The first-order chi connectivity index (χ1) is 9.01. The van der Waals surface area contributed by atoms with E-state index in [1.54, 1.807) is 0 Å². The average Bonchev–Trinajstić information content (AvgIpc) is 2.49. The SMILES string of the molecule is C/C(=C\O)C(=O)OC12CC3CC(CC(C3)C(=O)O1)C2. The minimum atomic E-state index is -1.10. The second-order valence-corrected chi connectivity index (χ2v) is 6.08. The molecular weight excluding hydrogens is 248 g/mol. The zero-order valence-electron chi connectivity index (χ0n) is 10.9. The summed E-state index contributed by atoms with van der Waals surface area (Å²) in [5.74, 6) is -1.18. The Morgan fingerprint density at radius 2 is 2.00 bits per heavy atom. The van der Waals surface area contributed by atoms with E-state index in [-0.39, 0.29) is 17.5 Å². The summed E-state index contributed by atoms with van der Waals surface area (Å²) in [7, 11) is 0. The van der Waals surface area contributed by atoms with Crippen molar-refractivity contribution in [2.45, 2.75) is 44.8 Å². The smallest absolute Gasteiger partial charge is 0.340 e. The van der Waals surface area contributed by atoms with Crippen LogP contribution in [0.2, 0.25) is 0 Å². The molecule has 5 heteroatoms. The Morgan fingerprint density at radius 3 is 2.58 bits per heavy atom. The van der Waals surface area contributed by atoms with Gasteiger partial charge >= 0.3 is 11.9 Å². The number of fused-ring (bicyclic) bond motifs is 1. The van der Waals surface area contributed by atoms with Gasteiger partial charge < -0.3 is 14.6 Å². The highest BCUT2D eigenvalue weighted by molar-refractivity contribution is 5.87. The third kappa shape index (κ3) is 2.11. The first-order valence-electron chi connectivity index (χ1n) is 6.78. The van der Waals surface area contributed by atoms with E-state index in [2.05, 4.69) is 0 Å². The molecule has 0 radical (unpaired) electrons. The van der Waals surface area contributed by atoms with Gasteiger partial charge in [0.25, 0.3) is 5.79 Å². The number of aliphatic hydroxyl groups is 1. The number of rotatable bonds is 2. The fourth-order valence-corrected chi connectivity index (χ4v) is 3.81. The molecule has 0 aromatic heterocycles. The van der Waals surface area contributed by atoms with E-state index in [0.29, 0.717) is 24.7 Å². The lowest BCUT2D eigenvalue weighted by Gasteiger charge is -2.41. The molecule has 0 amide bonds. The molecule has 0 aromatic rings. The molecule has 2 saturated carbocycles. The fraction of sp³-hybridized carbons (Fsp3) is 0.714. The van der Waals surface area contributed by atoms with Gasteiger partial charge in [0, 0.05) is 12.8 Å². The van der Waals surface area contributed by atoms with Crippen molar-refractivity contribution in [1.82, 2.24) is 0 Å². The first-order valence-corrected chi connectivity index (χ1v) is 6.78. The summed E-state index contributed by atoms with van der Waals surface area (Å²) in [6.45, 7) is 1.47. The summed E-state index contributed by atoms with van der Waals surface area (Å²) in [4.78, 5) is 23.8. The maximum Gasteiger partial charge on any atom is 0.340 e. The maximum absolute atomic E-state index is 12.0. The van der Waals surface area contributed by atoms with Gasteiger partial charge in [0.15, 0.2) is 0 Å². The number of esters is 2. The van der Waals surface area contributed by atoms with E-state index in [1.807, 2.05) is 0 Å². The molecule has 0 aromatic carbocycles. The molecule has 2 unspecified atom stereocenters. The van der Waals surface area contributed by atoms with Crippen LogP contribution in [0.15, 0.2) is 11.8 Å². The van der Waals surface area contributed by atoms with Crippen molar-refractivity contribution in [1.29, 1.82) is 0 Å². The Kier molecular flexibility index (Phi) is 2.80. The number of carbonyl (C=O) groups is 2. The van der Waals surface area contributed by atoms with E-state index in [1.165, 1.54) is 6.92 Å². The molecule has 0 spiro atoms. The molecule has 104 valence electrons. The quantitative estimate of drug-likeness (QED) is 0.470. The van der Waals surface area contributed by atoms with E-state index in [4.69, 9.17) is 14.6 Å². The predicted molar refractivity (Wildman–Crippen MR) is 64.9 cm³/mol. The van der Waals surface area contributed by atoms with Gasteiger partial charge in [-0.2, -0.15) is 0 Å². The molecule has 1 N–H and O–H groups in total. The van der Waals surface area contributed by atoms with Gasteiger partial charge in [-0.1, -0.05) is 0 Å². The highest BCUT2D eigenvalue weighted by Gasteiger charge is 2.54. The van der Waals surface area contributed by atoms with E-state index < -0.39 is 11.8 Å². The Bertz CT molecular complexity index is 439. The summed E-state index contributed by atoms with van der Waals surface area (Å²) in [5.41, 5.74) is 0.115. The highest BCUT2D eigenvalue weighted by Crippen LogP contribution is 2.52. The van der Waals surface area contributed by atoms with E-state index >= 15 is 0 Å². The molecule has 2 heterocycles. The van der Waals surface area contributed by atoms with Crippen LogP contribution >= 0.6 is 0 Å². The van der Waals surface area contributed by atoms with Gasteiger partial charge in [-0.3, -0.25) is 4.79 Å². The molecule has 4 fully saturated rings. The van der Waals surface area contributed by atoms with Gasteiger partial charge in [0.2, 0.25) is 0 Å². The van der Waals surface area contributed by atoms with Gasteiger partial charge in [0.1, 0.15) is 0 Å². The lowest BCUT2D eigenvalue weighted by molar-refractivity contribution is -0.238. The summed E-state index contributed by atoms with van der Waals surface area (Å²) < 4.78 is 10.9. The van der Waals surface area contributed by atoms with E-state index in [9.17, 15) is 9.59 Å². The van der Waals surface area contributed by atoms with Gasteiger partial charge in [0.05, 0.1) is 17.8 Å². The second kappa shape index (κ2) is 4.25. The lowest BCUT2D eigenvalue weighted by Crippen LogP contribution is -2.44. The number of ether oxygens (including phenoxy) is 2. The van der Waals surface area contributed by atoms with Crippen LogP contribution < -0.4 is 0 Å². The fourth-order valence-electron chi connectivity index (χ4n) is 3.81. The topological polar surface area (TPSA) is 72.8 Å². The molecule has 19 heavy (non-hydrogen) atoms. The number of aliphatic hydroxyl groups excluding tert-OH is 1. The van der Waals surface area contributed by atoms with Crippen molar-refractivity contribution in [2.24, 2.45) is 17.8 Å². The van der Waals surface area contributed by atoms with Crippen molar-refractivity contribution >= 4 is 11.9 Å². The first kappa shape index (κ1) is 12.5. The molecule has 4 aliphatic rings. The summed E-state index contributed by atoms with van der Waals surface area (Å²) in [6.07, 6.45) is 4.71. The normalized spacial score (nSPS) is 40.8. The van der Waals surface area contributed by atoms with Gasteiger partial charge in [-0.05, 0) is 38.0 Å². The largest absolute Gasteiger partial charge is 0.515 e. The van der Waals surface area contributed by atoms with Crippen LogP contribution in [0.25, 0.3) is 0 Å². The summed E-state index contributed by atoms with van der Waals surface area (Å²) in [5, 5.41) is 8.85. The molecule has 2 saturated heterocycles. The van der Waals surface area contributed by atoms with Crippen LogP contribution in [-0.2, 0) is 19.1 Å². The predicted octanol–water partition coefficient (Wildman–Crippen LogP) is 2.07. The van der Waals surface area contributed by atoms with Crippen LogP contribution in [0, 0.1) is 17.8 Å². The number of hydrogen-bond donors (Lipinski definition) is 1. The lowest BCUT2D eigenvalue weighted by atomic mass is 9.67. The van der Waals surface area contributed by atoms with Crippen LogP contribution in [-0.4, -0.2) is 22.8 Å². The Labute approximate surface area is 111 Å². The van der Waals surface area contributed by atoms with Gasteiger partial charge in [-0.15, -0.1) is 0 Å².